The van der Waals surface area contributed by atoms with Crippen LogP contribution in [0.15, 0.2) is 54.9 Å². The molecule has 1 aliphatic heterocycles. The molecule has 4 nitrogen and oxygen atoms in total. The van der Waals surface area contributed by atoms with Crippen LogP contribution in [0.1, 0.15) is 19.3 Å². The van der Waals surface area contributed by atoms with Gasteiger partial charge in [-0.3, -0.25) is 10.1 Å². The molecule has 2 rings (SSSR count). The van der Waals surface area contributed by atoms with Crippen molar-refractivity contribution in [2.45, 2.75) is 24.2 Å². The Kier molecular flexibility index (Phi) is 7.27. The van der Waals surface area contributed by atoms with Crippen molar-refractivity contribution in [1.82, 2.24) is 4.90 Å². The van der Waals surface area contributed by atoms with Gasteiger partial charge < -0.3 is 4.90 Å². The predicted molar refractivity (Wildman–Crippen MR) is 99.4 cm³/mol. The molecule has 124 valence electrons. The highest BCUT2D eigenvalue weighted by molar-refractivity contribution is 9.12. The number of halogens is 3. The highest BCUT2D eigenvalue weighted by atomic mass is 79.9. The molecule has 0 amide bonds. The summed E-state index contributed by atoms with van der Waals surface area (Å²) in [5.41, 5.74) is -0.163. The van der Waals surface area contributed by atoms with Crippen molar-refractivity contribution in [2.24, 2.45) is 0 Å². The van der Waals surface area contributed by atoms with Crippen molar-refractivity contribution in [3.63, 3.8) is 0 Å². The molecule has 0 radical (unpaired) electrons. The summed E-state index contributed by atoms with van der Waals surface area (Å²) in [6.45, 7) is 1.55. The van der Waals surface area contributed by atoms with Crippen LogP contribution >= 0.6 is 50.9 Å². The summed E-state index contributed by atoms with van der Waals surface area (Å²) >= 11 is 16.3. The molecule has 1 heterocycles. The van der Waals surface area contributed by atoms with E-state index in [1.54, 1.807) is 0 Å². The molecule has 0 unspecified atom stereocenters. The van der Waals surface area contributed by atoms with Crippen molar-refractivity contribution in [3.8, 4) is 0 Å². The van der Waals surface area contributed by atoms with Crippen LogP contribution in [0, 0.1) is 10.1 Å². The maximum absolute atomic E-state index is 11.6. The Balaban J connectivity index is 2.51. The molecular formula is C15H15BrCl2N2O2S. The Morgan fingerprint density at radius 3 is 2.30 bits per heavy atom. The standard InChI is InChI=1S/C15H15BrCl2N2O2S/c16-14(18)12(17)13(20(21)22)15(19-9-5-2-6-10-19)23-11-7-3-1-4-8-11/h1,3-4,7-8H,2,5-6,9-10H2. The quantitative estimate of drug-likeness (QED) is 0.254. The second-order valence-electron chi connectivity index (χ2n) is 4.95. The molecule has 1 fully saturated rings. The largest absolute Gasteiger partial charge is 0.360 e. The Morgan fingerprint density at radius 2 is 1.78 bits per heavy atom. The van der Waals surface area contributed by atoms with Crippen molar-refractivity contribution in [2.75, 3.05) is 13.1 Å². The van der Waals surface area contributed by atoms with E-state index >= 15 is 0 Å². The normalized spacial score (nSPS) is 17.4. The lowest BCUT2D eigenvalue weighted by atomic mass is 10.1. The van der Waals surface area contributed by atoms with Crippen LogP contribution in [0.3, 0.4) is 0 Å². The van der Waals surface area contributed by atoms with Gasteiger partial charge in [-0.05, 0) is 47.3 Å². The smallest absolute Gasteiger partial charge is 0.319 e. The number of rotatable bonds is 5. The first-order chi connectivity index (χ1) is 11.0. The maximum Gasteiger partial charge on any atom is 0.319 e. The van der Waals surface area contributed by atoms with Gasteiger partial charge in [0.25, 0.3) is 0 Å². The third kappa shape index (κ3) is 5.14. The number of thioether (sulfide) groups is 1. The van der Waals surface area contributed by atoms with Crippen molar-refractivity contribution in [3.05, 3.63) is 60.1 Å². The first-order valence-corrected chi connectivity index (χ1v) is 9.45. The number of hydrogen-bond acceptors (Lipinski definition) is 4. The van der Waals surface area contributed by atoms with Gasteiger partial charge in [0.15, 0.2) is 5.03 Å². The van der Waals surface area contributed by atoms with Crippen LogP contribution in [-0.2, 0) is 0 Å². The Hall–Kier alpha value is -0.690. The van der Waals surface area contributed by atoms with E-state index in [1.807, 2.05) is 35.2 Å². The van der Waals surface area contributed by atoms with Gasteiger partial charge in [-0.15, -0.1) is 0 Å². The summed E-state index contributed by atoms with van der Waals surface area (Å²) in [4.78, 5) is 14.1. The SMILES string of the molecule is O=[N+]([O-])C(C(Cl)=C(Cl)Br)=C(Sc1ccccc1)N1CCCCC1. The highest BCUT2D eigenvalue weighted by Crippen LogP contribution is 2.38. The second-order valence-corrected chi connectivity index (χ2v) is 8.02. The molecule has 8 heteroatoms. The number of hydrogen-bond donors (Lipinski definition) is 0. The lowest BCUT2D eigenvalue weighted by molar-refractivity contribution is -0.421. The van der Waals surface area contributed by atoms with Gasteiger partial charge in [-0.2, -0.15) is 0 Å². The molecule has 0 aromatic heterocycles. The van der Waals surface area contributed by atoms with E-state index in [4.69, 9.17) is 23.2 Å². The van der Waals surface area contributed by atoms with E-state index in [2.05, 4.69) is 15.9 Å². The molecule has 1 aromatic carbocycles. The maximum atomic E-state index is 11.6. The summed E-state index contributed by atoms with van der Waals surface area (Å²) in [5, 5.41) is 12.1. The van der Waals surface area contributed by atoms with Crippen molar-refractivity contribution < 1.29 is 4.92 Å². The molecule has 23 heavy (non-hydrogen) atoms. The van der Waals surface area contributed by atoms with Crippen LogP contribution < -0.4 is 0 Å². The van der Waals surface area contributed by atoms with Gasteiger partial charge in [-0.25, -0.2) is 0 Å². The minimum absolute atomic E-state index is 0.0361. The zero-order valence-electron chi connectivity index (χ0n) is 12.2. The molecule has 0 saturated carbocycles. The van der Waals surface area contributed by atoms with Gasteiger partial charge in [-0.1, -0.05) is 53.2 Å². The van der Waals surface area contributed by atoms with Gasteiger partial charge in [0, 0.05) is 18.0 Å². The Morgan fingerprint density at radius 1 is 1.17 bits per heavy atom. The Labute approximate surface area is 157 Å². The third-order valence-electron chi connectivity index (χ3n) is 3.36. The summed E-state index contributed by atoms with van der Waals surface area (Å²) < 4.78 is 0.0361. The van der Waals surface area contributed by atoms with Crippen LogP contribution in [0.4, 0.5) is 0 Å². The van der Waals surface area contributed by atoms with Gasteiger partial charge in [0.2, 0.25) is 0 Å². The molecule has 0 atom stereocenters. The van der Waals surface area contributed by atoms with Crippen molar-refractivity contribution in [1.29, 1.82) is 0 Å². The molecular weight excluding hydrogens is 423 g/mol. The summed E-state index contributed by atoms with van der Waals surface area (Å²) in [6.07, 6.45) is 3.15. The van der Waals surface area contributed by atoms with E-state index in [0.717, 1.165) is 37.2 Å². The number of nitro groups is 1. The average Bonchev–Trinajstić information content (AvgIpc) is 2.55. The van der Waals surface area contributed by atoms with E-state index in [1.165, 1.54) is 11.8 Å². The van der Waals surface area contributed by atoms with E-state index in [-0.39, 0.29) is 14.7 Å². The Bertz CT molecular complexity index is 628. The van der Waals surface area contributed by atoms with Crippen LogP contribution in [0.5, 0.6) is 0 Å². The molecule has 1 saturated heterocycles. The first-order valence-electron chi connectivity index (χ1n) is 7.08. The third-order valence-corrected chi connectivity index (χ3v) is 5.79. The number of nitrogens with zero attached hydrogens (tertiary/aromatic N) is 2. The number of piperidine rings is 1. The van der Waals surface area contributed by atoms with E-state index in [0.29, 0.717) is 5.03 Å². The highest BCUT2D eigenvalue weighted by Gasteiger charge is 2.30. The average molecular weight is 438 g/mol. The molecule has 1 aliphatic rings. The fourth-order valence-corrected chi connectivity index (χ4v) is 3.89. The number of benzene rings is 1. The fraction of sp³-hybridized carbons (Fsp3) is 0.333. The van der Waals surface area contributed by atoms with E-state index in [9.17, 15) is 10.1 Å². The van der Waals surface area contributed by atoms with E-state index < -0.39 is 4.92 Å². The molecule has 0 spiro atoms. The summed E-state index contributed by atoms with van der Waals surface area (Å²) in [7, 11) is 0. The number of likely N-dealkylation sites (tertiary alicyclic amines) is 1. The second kappa shape index (κ2) is 8.97. The molecule has 0 aliphatic carbocycles. The summed E-state index contributed by atoms with van der Waals surface area (Å²) in [5.74, 6) is 0. The minimum Gasteiger partial charge on any atom is -0.360 e. The van der Waals surface area contributed by atoms with Gasteiger partial charge in [0.05, 0.1) is 4.92 Å². The molecule has 1 aromatic rings. The zero-order valence-corrected chi connectivity index (χ0v) is 16.1. The summed E-state index contributed by atoms with van der Waals surface area (Å²) in [6, 6.07) is 9.54. The van der Waals surface area contributed by atoms with Gasteiger partial charge >= 0.3 is 5.70 Å². The predicted octanol–water partition coefficient (Wildman–Crippen LogP) is 5.75. The van der Waals surface area contributed by atoms with Crippen LogP contribution in [0.2, 0.25) is 0 Å². The van der Waals surface area contributed by atoms with Crippen LogP contribution in [-0.4, -0.2) is 22.9 Å². The fourth-order valence-electron chi connectivity index (χ4n) is 2.30. The lowest BCUT2D eigenvalue weighted by Gasteiger charge is -2.30. The van der Waals surface area contributed by atoms with Crippen molar-refractivity contribution >= 4 is 50.9 Å². The molecule has 0 N–H and O–H groups in total. The monoisotopic (exact) mass is 436 g/mol. The zero-order chi connectivity index (χ0) is 16.8. The molecule has 0 bridgehead atoms. The topological polar surface area (TPSA) is 46.4 Å². The lowest BCUT2D eigenvalue weighted by Crippen LogP contribution is -2.30. The minimum atomic E-state index is -0.466. The number of allylic oxidation sites excluding steroid dienone is 1. The first kappa shape index (κ1) is 18.6. The van der Waals surface area contributed by atoms with Crippen LogP contribution in [0.25, 0.3) is 0 Å². The van der Waals surface area contributed by atoms with Gasteiger partial charge in [0.1, 0.15) is 8.97 Å².